The first-order valence-electron chi connectivity index (χ1n) is 2.32. The first-order valence-corrected chi connectivity index (χ1v) is 4.42. The monoisotopic (exact) mass is 149 g/mol. The van der Waals surface area contributed by atoms with Gasteiger partial charge in [-0.05, 0) is 6.55 Å². The Balaban J connectivity index is 0. The second-order valence-electron chi connectivity index (χ2n) is 1.14. The SMILES string of the molecule is CO[SiH](C)OC.N=C=O. The third-order valence-electron chi connectivity index (χ3n) is 0.664. The van der Waals surface area contributed by atoms with Crippen molar-refractivity contribution >= 4 is 15.4 Å². The maximum absolute atomic E-state index is 8.35. The summed E-state index contributed by atoms with van der Waals surface area (Å²) in [5, 5.41) is 5.40. The van der Waals surface area contributed by atoms with Gasteiger partial charge in [-0.15, -0.1) is 0 Å². The van der Waals surface area contributed by atoms with Crippen LogP contribution >= 0.6 is 0 Å². The molecule has 0 saturated carbocycles. The number of hydrogen-bond acceptors (Lipinski definition) is 4. The fraction of sp³-hybridized carbons (Fsp3) is 0.750. The van der Waals surface area contributed by atoms with Crippen LogP contribution < -0.4 is 0 Å². The van der Waals surface area contributed by atoms with Crippen molar-refractivity contribution in [2.75, 3.05) is 14.2 Å². The van der Waals surface area contributed by atoms with Crippen LogP contribution in [0.15, 0.2) is 0 Å². The highest BCUT2D eigenvalue weighted by molar-refractivity contribution is 6.42. The predicted molar refractivity (Wildman–Crippen MR) is 35.4 cm³/mol. The molecule has 0 aliphatic carbocycles. The lowest BCUT2D eigenvalue weighted by Gasteiger charge is -2.00. The number of carbonyl (C=O) groups excluding carboxylic acids is 1. The highest BCUT2D eigenvalue weighted by Gasteiger charge is 1.94. The molecular formula is C4H11NO3Si. The van der Waals surface area contributed by atoms with E-state index in [4.69, 9.17) is 19.1 Å². The molecule has 9 heavy (non-hydrogen) atoms. The van der Waals surface area contributed by atoms with Crippen molar-refractivity contribution in [3.8, 4) is 0 Å². The number of hydrogen-bond donors (Lipinski definition) is 1. The predicted octanol–water partition coefficient (Wildman–Crippen LogP) is 0.0305. The van der Waals surface area contributed by atoms with E-state index in [0.29, 0.717) is 0 Å². The smallest absolute Gasteiger partial charge is 0.317 e. The molecule has 0 rings (SSSR count). The zero-order valence-corrected chi connectivity index (χ0v) is 6.96. The van der Waals surface area contributed by atoms with Gasteiger partial charge in [0.15, 0.2) is 0 Å². The zero-order chi connectivity index (χ0) is 7.70. The Morgan fingerprint density at radius 3 is 1.67 bits per heavy atom. The van der Waals surface area contributed by atoms with Gasteiger partial charge in [0.05, 0.1) is 0 Å². The lowest BCUT2D eigenvalue weighted by Crippen LogP contribution is -2.12. The summed E-state index contributed by atoms with van der Waals surface area (Å²) in [7, 11) is 2.17. The van der Waals surface area contributed by atoms with Gasteiger partial charge < -0.3 is 8.85 Å². The maximum atomic E-state index is 8.35. The highest BCUT2D eigenvalue weighted by Crippen LogP contribution is 1.77. The molecule has 0 aromatic carbocycles. The van der Waals surface area contributed by atoms with Crippen molar-refractivity contribution in [2.45, 2.75) is 6.55 Å². The molecule has 4 nitrogen and oxygen atoms in total. The van der Waals surface area contributed by atoms with Gasteiger partial charge in [0.2, 0.25) is 6.08 Å². The van der Waals surface area contributed by atoms with Crippen LogP contribution in [-0.2, 0) is 13.6 Å². The first kappa shape index (κ1) is 11.3. The molecule has 0 amide bonds. The normalized spacial score (nSPS) is 7.56. The van der Waals surface area contributed by atoms with E-state index in [1.807, 2.05) is 6.55 Å². The van der Waals surface area contributed by atoms with E-state index < -0.39 is 9.28 Å². The van der Waals surface area contributed by atoms with Gasteiger partial charge in [0.1, 0.15) is 0 Å². The largest absolute Gasteiger partial charge is 0.400 e. The molecule has 0 heterocycles. The molecule has 5 heteroatoms. The van der Waals surface area contributed by atoms with Gasteiger partial charge in [0.25, 0.3) is 0 Å². The van der Waals surface area contributed by atoms with Gasteiger partial charge in [-0.25, -0.2) is 10.2 Å². The molecule has 0 fully saturated rings. The Bertz CT molecular complexity index is 77.9. The Hall–Kier alpha value is -0.483. The Morgan fingerprint density at radius 2 is 1.67 bits per heavy atom. The van der Waals surface area contributed by atoms with E-state index in [0.717, 1.165) is 6.08 Å². The summed E-state index contributed by atoms with van der Waals surface area (Å²) in [6.45, 7) is 1.97. The maximum Gasteiger partial charge on any atom is 0.317 e. The quantitative estimate of drug-likeness (QED) is 0.342. The summed E-state index contributed by atoms with van der Waals surface area (Å²) in [6, 6.07) is 0. The zero-order valence-electron chi connectivity index (χ0n) is 5.80. The molecule has 0 spiro atoms. The molecule has 0 bridgehead atoms. The molecule has 0 aliphatic heterocycles. The van der Waals surface area contributed by atoms with Gasteiger partial charge in [0, 0.05) is 14.2 Å². The van der Waals surface area contributed by atoms with Crippen LogP contribution in [0, 0.1) is 5.41 Å². The number of isocyanates is 1. The van der Waals surface area contributed by atoms with Crippen molar-refractivity contribution in [1.29, 1.82) is 5.41 Å². The minimum atomic E-state index is -1.16. The van der Waals surface area contributed by atoms with Crippen molar-refractivity contribution in [3.63, 3.8) is 0 Å². The lowest BCUT2D eigenvalue weighted by atomic mass is 11.7. The molecular weight excluding hydrogens is 138 g/mol. The summed E-state index contributed by atoms with van der Waals surface area (Å²) in [4.78, 5) is 8.35. The number of rotatable bonds is 2. The standard InChI is InChI=1S/C3H10O2Si.CHNO/c1-4-6(3)5-2;2-1-3/h6H,1-3H3;2H. The highest BCUT2D eigenvalue weighted by atomic mass is 28.3. The van der Waals surface area contributed by atoms with E-state index in [2.05, 4.69) is 0 Å². The molecule has 0 aromatic rings. The van der Waals surface area contributed by atoms with Crippen LogP contribution in [0.25, 0.3) is 0 Å². The van der Waals surface area contributed by atoms with Crippen LogP contribution in [0.3, 0.4) is 0 Å². The van der Waals surface area contributed by atoms with Gasteiger partial charge in [-0.2, -0.15) is 0 Å². The summed E-state index contributed by atoms with van der Waals surface area (Å²) >= 11 is 0. The molecule has 0 atom stereocenters. The van der Waals surface area contributed by atoms with Crippen molar-refractivity contribution < 1.29 is 13.6 Å². The minimum Gasteiger partial charge on any atom is -0.400 e. The van der Waals surface area contributed by atoms with Crippen molar-refractivity contribution in [3.05, 3.63) is 0 Å². The van der Waals surface area contributed by atoms with Crippen LogP contribution in [-0.4, -0.2) is 29.6 Å². The van der Waals surface area contributed by atoms with Crippen LogP contribution in [0.4, 0.5) is 0 Å². The summed E-state index contributed by atoms with van der Waals surface area (Å²) in [5.41, 5.74) is 0. The van der Waals surface area contributed by atoms with E-state index in [1.54, 1.807) is 14.2 Å². The molecule has 0 saturated heterocycles. The molecule has 0 aliphatic rings. The summed E-state index contributed by atoms with van der Waals surface area (Å²) in [5.74, 6) is 0. The third kappa shape index (κ3) is 18.5. The number of nitrogens with one attached hydrogen (secondary N) is 1. The fourth-order valence-electron chi connectivity index (χ4n) is 0.0962. The molecule has 0 unspecified atom stereocenters. The Morgan fingerprint density at radius 1 is 1.44 bits per heavy atom. The third-order valence-corrected chi connectivity index (χ3v) is 1.99. The van der Waals surface area contributed by atoms with Crippen LogP contribution in [0.5, 0.6) is 0 Å². The van der Waals surface area contributed by atoms with E-state index in [-0.39, 0.29) is 0 Å². The minimum absolute atomic E-state index is 0.750. The van der Waals surface area contributed by atoms with Crippen LogP contribution in [0.2, 0.25) is 6.55 Å². The van der Waals surface area contributed by atoms with E-state index in [9.17, 15) is 0 Å². The summed E-state index contributed by atoms with van der Waals surface area (Å²) in [6.07, 6.45) is 0.750. The van der Waals surface area contributed by atoms with E-state index in [1.165, 1.54) is 0 Å². The first-order chi connectivity index (χ1) is 4.22. The van der Waals surface area contributed by atoms with Gasteiger partial charge >= 0.3 is 9.28 Å². The van der Waals surface area contributed by atoms with Crippen molar-refractivity contribution in [1.82, 2.24) is 0 Å². The van der Waals surface area contributed by atoms with Gasteiger partial charge in [-0.1, -0.05) is 0 Å². The fourth-order valence-corrected chi connectivity index (χ4v) is 0.289. The average Bonchev–Trinajstić information content (AvgIpc) is 1.88. The molecule has 0 aromatic heterocycles. The Labute approximate surface area is 56.1 Å². The average molecular weight is 149 g/mol. The lowest BCUT2D eigenvalue weighted by molar-refractivity contribution is 0.285. The second-order valence-corrected chi connectivity index (χ2v) is 3.22. The molecule has 1 N–H and O–H groups in total. The van der Waals surface area contributed by atoms with Crippen LogP contribution in [0.1, 0.15) is 0 Å². The second kappa shape index (κ2) is 10.5. The molecule has 0 radical (unpaired) electrons. The van der Waals surface area contributed by atoms with Crippen molar-refractivity contribution in [2.24, 2.45) is 0 Å². The summed E-state index contributed by atoms with van der Waals surface area (Å²) < 4.78 is 9.63. The molecule has 54 valence electrons. The Kier molecular flexibility index (Phi) is 13.2. The topological polar surface area (TPSA) is 59.4 Å². The van der Waals surface area contributed by atoms with Gasteiger partial charge in [-0.3, -0.25) is 0 Å². The van der Waals surface area contributed by atoms with E-state index >= 15 is 0 Å².